The van der Waals surface area contributed by atoms with Gasteiger partial charge in [-0.1, -0.05) is 6.92 Å². The molecule has 5 nitrogen and oxygen atoms in total. The number of nitrogens with zero attached hydrogens (tertiary/aromatic N) is 1. The van der Waals surface area contributed by atoms with Gasteiger partial charge in [-0.05, 0) is 31.6 Å². The largest absolute Gasteiger partial charge is 0.396 e. The fourth-order valence-corrected chi connectivity index (χ4v) is 5.00. The van der Waals surface area contributed by atoms with E-state index >= 15 is 0 Å². The van der Waals surface area contributed by atoms with Crippen molar-refractivity contribution in [2.45, 2.75) is 43.5 Å². The third-order valence-corrected chi connectivity index (χ3v) is 6.06. The minimum absolute atomic E-state index is 0.0756. The quantitative estimate of drug-likeness (QED) is 0.894. The molecule has 0 amide bonds. The molecule has 20 heavy (non-hydrogen) atoms. The molecule has 1 aliphatic carbocycles. The van der Waals surface area contributed by atoms with E-state index in [9.17, 15) is 8.42 Å². The van der Waals surface area contributed by atoms with Crippen molar-refractivity contribution in [3.63, 3.8) is 0 Å². The number of sulfone groups is 1. The molecule has 3 N–H and O–H groups in total. The topological polar surface area (TPSA) is 96.0 Å². The van der Waals surface area contributed by atoms with Gasteiger partial charge in [0.05, 0.1) is 5.69 Å². The molecule has 1 heterocycles. The Morgan fingerprint density at radius 3 is 2.45 bits per heavy atom. The van der Waals surface area contributed by atoms with Crippen LogP contribution in [0.25, 0.3) is 0 Å². The van der Waals surface area contributed by atoms with Crippen molar-refractivity contribution in [1.82, 2.24) is 0 Å². The van der Waals surface area contributed by atoms with Gasteiger partial charge in [0.15, 0.2) is 9.84 Å². The van der Waals surface area contributed by atoms with Gasteiger partial charge >= 0.3 is 0 Å². The molecule has 0 atom stereocenters. The molecule has 1 aromatic heterocycles. The van der Waals surface area contributed by atoms with Gasteiger partial charge in [0, 0.05) is 12.3 Å². The standard InChI is InChI=1S/C13H19N3O2S2/c1-8-3-5-9(6-4-8)16-13-12(20(2,17)18)11(15)10(7-14)19-13/h8-9,16H,3-6,15H2,1-2H3. The van der Waals surface area contributed by atoms with Crippen molar-refractivity contribution >= 4 is 31.9 Å². The average molecular weight is 313 g/mol. The van der Waals surface area contributed by atoms with Crippen LogP contribution >= 0.6 is 11.3 Å². The molecule has 0 unspecified atom stereocenters. The van der Waals surface area contributed by atoms with E-state index in [1.807, 2.05) is 6.07 Å². The highest BCUT2D eigenvalue weighted by atomic mass is 32.2. The first kappa shape index (κ1) is 15.1. The highest BCUT2D eigenvalue weighted by Gasteiger charge is 2.26. The maximum absolute atomic E-state index is 11.9. The molecule has 0 radical (unpaired) electrons. The van der Waals surface area contributed by atoms with Gasteiger partial charge in [-0.25, -0.2) is 8.42 Å². The van der Waals surface area contributed by atoms with Crippen LogP contribution in [0.5, 0.6) is 0 Å². The minimum atomic E-state index is -3.44. The van der Waals surface area contributed by atoms with E-state index in [-0.39, 0.29) is 21.5 Å². The second kappa shape index (κ2) is 5.62. The van der Waals surface area contributed by atoms with Crippen molar-refractivity contribution in [2.24, 2.45) is 5.92 Å². The van der Waals surface area contributed by atoms with Crippen molar-refractivity contribution < 1.29 is 8.42 Å². The summed E-state index contributed by atoms with van der Waals surface area (Å²) in [4.78, 5) is 0.342. The second-order valence-corrected chi connectivity index (χ2v) is 8.46. The summed E-state index contributed by atoms with van der Waals surface area (Å²) in [6.45, 7) is 2.23. The van der Waals surface area contributed by atoms with Crippen LogP contribution in [0, 0.1) is 17.2 Å². The predicted molar refractivity (Wildman–Crippen MR) is 81.6 cm³/mol. The third-order valence-electron chi connectivity index (χ3n) is 3.72. The summed E-state index contributed by atoms with van der Waals surface area (Å²) >= 11 is 1.13. The summed E-state index contributed by atoms with van der Waals surface area (Å²) in [5.74, 6) is 0.727. The lowest BCUT2D eigenvalue weighted by Crippen LogP contribution is -2.25. The second-order valence-electron chi connectivity index (χ2n) is 5.49. The van der Waals surface area contributed by atoms with Gasteiger partial charge in [-0.2, -0.15) is 5.26 Å². The maximum atomic E-state index is 11.9. The van der Waals surface area contributed by atoms with Crippen LogP contribution in [0.15, 0.2) is 4.90 Å². The van der Waals surface area contributed by atoms with Crippen LogP contribution in [0.1, 0.15) is 37.5 Å². The number of nitrogens with two attached hydrogens (primary N) is 1. The zero-order valence-electron chi connectivity index (χ0n) is 11.6. The Morgan fingerprint density at radius 1 is 1.35 bits per heavy atom. The Bertz CT molecular complexity index is 635. The fraction of sp³-hybridized carbons (Fsp3) is 0.615. The minimum Gasteiger partial charge on any atom is -0.396 e. The summed E-state index contributed by atoms with van der Waals surface area (Å²) < 4.78 is 23.7. The number of nitriles is 1. The van der Waals surface area contributed by atoms with Crippen molar-refractivity contribution in [3.05, 3.63) is 4.88 Å². The molecule has 0 aliphatic heterocycles. The van der Waals surface area contributed by atoms with Gasteiger partial charge in [0.1, 0.15) is 20.8 Å². The smallest absolute Gasteiger partial charge is 0.180 e. The van der Waals surface area contributed by atoms with Gasteiger partial charge in [0.25, 0.3) is 0 Å². The summed E-state index contributed by atoms with van der Waals surface area (Å²) in [6, 6.07) is 2.22. The lowest BCUT2D eigenvalue weighted by molar-refractivity contribution is 0.361. The molecule has 1 saturated carbocycles. The van der Waals surface area contributed by atoms with Gasteiger partial charge in [0.2, 0.25) is 0 Å². The Hall–Kier alpha value is -1.26. The molecule has 0 aromatic carbocycles. The summed E-state index contributed by atoms with van der Waals surface area (Å²) in [5.41, 5.74) is 5.87. The van der Waals surface area contributed by atoms with Crippen LogP contribution in [0.3, 0.4) is 0 Å². The highest BCUT2D eigenvalue weighted by Crippen LogP contribution is 2.40. The monoisotopic (exact) mass is 313 g/mol. The number of hydrogen-bond acceptors (Lipinski definition) is 6. The molecule has 1 aliphatic rings. The zero-order chi connectivity index (χ0) is 14.9. The molecule has 1 fully saturated rings. The van der Waals surface area contributed by atoms with E-state index in [0.29, 0.717) is 5.00 Å². The Morgan fingerprint density at radius 2 is 1.95 bits per heavy atom. The number of rotatable bonds is 3. The first-order valence-corrected chi connectivity index (χ1v) is 9.32. The summed E-state index contributed by atoms with van der Waals surface area (Å²) in [6.07, 6.45) is 5.44. The van der Waals surface area contributed by atoms with Crippen LogP contribution in [-0.2, 0) is 9.84 Å². The molecule has 0 bridgehead atoms. The fourth-order valence-electron chi connectivity index (χ4n) is 2.56. The average Bonchev–Trinajstić information content (AvgIpc) is 2.68. The predicted octanol–water partition coefficient (Wildman–Crippen LogP) is 2.60. The Labute approximate surface area is 123 Å². The van der Waals surface area contributed by atoms with Crippen molar-refractivity contribution in [2.75, 3.05) is 17.3 Å². The summed E-state index contributed by atoms with van der Waals surface area (Å²) in [7, 11) is -3.44. The first-order chi connectivity index (χ1) is 9.32. The Kier molecular flexibility index (Phi) is 4.25. The van der Waals surface area contributed by atoms with Gasteiger partial charge in [-0.15, -0.1) is 11.3 Å². The molecule has 1 aromatic rings. The van der Waals surface area contributed by atoms with Crippen LogP contribution in [0.2, 0.25) is 0 Å². The Balaban J connectivity index is 2.30. The zero-order valence-corrected chi connectivity index (χ0v) is 13.3. The molecule has 110 valence electrons. The van der Waals surface area contributed by atoms with Crippen LogP contribution in [0.4, 0.5) is 10.7 Å². The number of nitrogen functional groups attached to an aromatic ring is 1. The third kappa shape index (κ3) is 3.07. The lowest BCUT2D eigenvalue weighted by atomic mass is 9.87. The molecule has 2 rings (SSSR count). The molecular weight excluding hydrogens is 294 g/mol. The normalized spacial score (nSPS) is 23.2. The van der Waals surface area contributed by atoms with Crippen molar-refractivity contribution in [1.29, 1.82) is 5.26 Å². The van der Waals surface area contributed by atoms with E-state index < -0.39 is 9.84 Å². The molecule has 7 heteroatoms. The van der Waals surface area contributed by atoms with Crippen LogP contribution < -0.4 is 11.1 Å². The highest BCUT2D eigenvalue weighted by molar-refractivity contribution is 7.91. The van der Waals surface area contributed by atoms with E-state index in [2.05, 4.69) is 12.2 Å². The van der Waals surface area contributed by atoms with Gasteiger partial charge in [-0.3, -0.25) is 0 Å². The number of nitrogens with one attached hydrogen (secondary N) is 1. The molecule has 0 saturated heterocycles. The maximum Gasteiger partial charge on any atom is 0.180 e. The number of anilines is 2. The lowest BCUT2D eigenvalue weighted by Gasteiger charge is -2.27. The molecule has 0 spiro atoms. The summed E-state index contributed by atoms with van der Waals surface area (Å²) in [5, 5.41) is 12.8. The molecular formula is C13H19N3O2S2. The van der Waals surface area contributed by atoms with E-state index in [4.69, 9.17) is 11.0 Å². The van der Waals surface area contributed by atoms with Crippen LogP contribution in [-0.4, -0.2) is 20.7 Å². The SMILES string of the molecule is CC1CCC(Nc2sc(C#N)c(N)c2S(C)(=O)=O)CC1. The van der Waals surface area contributed by atoms with E-state index in [1.165, 1.54) is 0 Å². The first-order valence-electron chi connectivity index (χ1n) is 6.62. The van der Waals surface area contributed by atoms with Gasteiger partial charge < -0.3 is 11.1 Å². The van der Waals surface area contributed by atoms with E-state index in [1.54, 1.807) is 0 Å². The van der Waals surface area contributed by atoms with Crippen molar-refractivity contribution in [3.8, 4) is 6.07 Å². The number of hydrogen-bond donors (Lipinski definition) is 2. The van der Waals surface area contributed by atoms with E-state index in [0.717, 1.165) is 49.2 Å². The number of thiophene rings is 1.